The Bertz CT molecular complexity index is 994. The van der Waals surface area contributed by atoms with E-state index in [9.17, 15) is 4.79 Å². The molecule has 0 aliphatic carbocycles. The van der Waals surface area contributed by atoms with Gasteiger partial charge < -0.3 is 4.90 Å². The number of carbonyl (C=O) groups excluding carboxylic acids is 1. The first-order valence-electron chi connectivity index (χ1n) is 9.07. The first-order valence-corrected chi connectivity index (χ1v) is 11.2. The van der Waals surface area contributed by atoms with Crippen molar-refractivity contribution in [2.24, 2.45) is 0 Å². The summed E-state index contributed by atoms with van der Waals surface area (Å²) in [4.78, 5) is 18.3. The molecular formula is C22H20ClNOS2. The van der Waals surface area contributed by atoms with Gasteiger partial charge in [0, 0.05) is 38.3 Å². The van der Waals surface area contributed by atoms with E-state index in [1.807, 2.05) is 36.1 Å². The van der Waals surface area contributed by atoms with Gasteiger partial charge in [-0.2, -0.15) is 0 Å². The van der Waals surface area contributed by atoms with Gasteiger partial charge in [0.15, 0.2) is 0 Å². The Morgan fingerprint density at radius 1 is 1.11 bits per heavy atom. The zero-order valence-electron chi connectivity index (χ0n) is 15.3. The summed E-state index contributed by atoms with van der Waals surface area (Å²) in [5.41, 5.74) is 4.65. The van der Waals surface area contributed by atoms with E-state index in [0.29, 0.717) is 6.54 Å². The SMILES string of the molecule is CCc1ccc(N(CC)C(=O)c2cc3c(s2)-c2ccc(Cl)cc2SC3)cc1. The van der Waals surface area contributed by atoms with Gasteiger partial charge in [-0.05, 0) is 54.8 Å². The van der Waals surface area contributed by atoms with Crippen LogP contribution in [0.2, 0.25) is 5.02 Å². The van der Waals surface area contributed by atoms with Gasteiger partial charge in [-0.25, -0.2) is 0 Å². The molecule has 2 heterocycles. The van der Waals surface area contributed by atoms with E-state index in [0.717, 1.165) is 27.8 Å². The number of benzene rings is 2. The van der Waals surface area contributed by atoms with Crippen LogP contribution in [0.4, 0.5) is 5.69 Å². The second kappa shape index (κ2) is 7.70. The number of thiophene rings is 1. The van der Waals surface area contributed by atoms with Crippen LogP contribution < -0.4 is 4.90 Å². The smallest absolute Gasteiger partial charge is 0.268 e. The monoisotopic (exact) mass is 413 g/mol. The molecule has 27 heavy (non-hydrogen) atoms. The molecule has 0 unspecified atom stereocenters. The van der Waals surface area contributed by atoms with Crippen LogP contribution in [0.1, 0.15) is 34.6 Å². The van der Waals surface area contributed by atoms with Crippen molar-refractivity contribution in [3.8, 4) is 10.4 Å². The van der Waals surface area contributed by atoms with E-state index in [1.165, 1.54) is 26.5 Å². The number of carbonyl (C=O) groups is 1. The van der Waals surface area contributed by atoms with Gasteiger partial charge in [0.2, 0.25) is 0 Å². The number of hydrogen-bond acceptors (Lipinski definition) is 3. The summed E-state index contributed by atoms with van der Waals surface area (Å²) in [7, 11) is 0. The van der Waals surface area contributed by atoms with Gasteiger partial charge in [-0.3, -0.25) is 4.79 Å². The minimum absolute atomic E-state index is 0.0710. The van der Waals surface area contributed by atoms with E-state index in [1.54, 1.807) is 23.1 Å². The normalized spacial score (nSPS) is 12.4. The van der Waals surface area contributed by atoms with Crippen LogP contribution in [-0.4, -0.2) is 12.5 Å². The van der Waals surface area contributed by atoms with Gasteiger partial charge in [0.25, 0.3) is 5.91 Å². The predicted octanol–water partition coefficient (Wildman–Crippen LogP) is 6.90. The van der Waals surface area contributed by atoms with Crippen molar-refractivity contribution in [1.29, 1.82) is 0 Å². The molecule has 0 fully saturated rings. The average molecular weight is 414 g/mol. The highest BCUT2D eigenvalue weighted by molar-refractivity contribution is 7.98. The van der Waals surface area contributed by atoms with Crippen LogP contribution in [0, 0.1) is 0 Å². The Kier molecular flexibility index (Phi) is 5.31. The predicted molar refractivity (Wildman–Crippen MR) is 117 cm³/mol. The van der Waals surface area contributed by atoms with Crippen molar-refractivity contribution in [2.45, 2.75) is 30.9 Å². The summed E-state index contributed by atoms with van der Waals surface area (Å²) in [6, 6.07) is 16.3. The molecule has 2 nitrogen and oxygen atoms in total. The maximum Gasteiger partial charge on any atom is 0.268 e. The zero-order valence-corrected chi connectivity index (χ0v) is 17.7. The second-order valence-corrected chi connectivity index (χ2v) is 8.97. The van der Waals surface area contributed by atoms with Gasteiger partial charge in [0.05, 0.1) is 4.88 Å². The fourth-order valence-electron chi connectivity index (χ4n) is 3.32. The summed E-state index contributed by atoms with van der Waals surface area (Å²) in [6.45, 7) is 4.80. The molecule has 0 radical (unpaired) electrons. The number of anilines is 1. The number of rotatable bonds is 4. The minimum atomic E-state index is 0.0710. The Morgan fingerprint density at radius 2 is 1.89 bits per heavy atom. The zero-order chi connectivity index (χ0) is 19.0. The van der Waals surface area contributed by atoms with Crippen molar-refractivity contribution in [2.75, 3.05) is 11.4 Å². The molecule has 1 aromatic heterocycles. The van der Waals surface area contributed by atoms with E-state index in [2.05, 4.69) is 31.2 Å². The van der Waals surface area contributed by atoms with Gasteiger partial charge in [-0.1, -0.05) is 36.7 Å². The van der Waals surface area contributed by atoms with E-state index >= 15 is 0 Å². The van der Waals surface area contributed by atoms with Crippen LogP contribution in [0.5, 0.6) is 0 Å². The first kappa shape index (κ1) is 18.6. The van der Waals surface area contributed by atoms with Crippen LogP contribution in [0.25, 0.3) is 10.4 Å². The second-order valence-electron chi connectivity index (χ2n) is 6.46. The molecule has 1 amide bonds. The van der Waals surface area contributed by atoms with Gasteiger partial charge in [0.1, 0.15) is 0 Å². The third-order valence-electron chi connectivity index (χ3n) is 4.81. The fourth-order valence-corrected chi connectivity index (χ4v) is 5.95. The van der Waals surface area contributed by atoms with Crippen molar-refractivity contribution >= 4 is 46.3 Å². The summed E-state index contributed by atoms with van der Waals surface area (Å²) < 4.78 is 0. The Labute approximate surface area is 173 Å². The standard InChI is InChI=1S/C22H20ClNOS2/c1-3-14-5-8-17(9-6-14)24(4-2)22(25)20-11-15-13-26-19-12-16(23)7-10-18(19)21(15)27-20/h5-12H,3-4,13H2,1-2H3. The van der Waals surface area contributed by atoms with Crippen LogP contribution in [-0.2, 0) is 12.2 Å². The van der Waals surface area contributed by atoms with Crippen LogP contribution in [0.15, 0.2) is 53.4 Å². The molecule has 0 atom stereocenters. The van der Waals surface area contributed by atoms with Gasteiger partial charge >= 0.3 is 0 Å². The lowest BCUT2D eigenvalue weighted by Crippen LogP contribution is -2.29. The Balaban J connectivity index is 1.67. The maximum atomic E-state index is 13.2. The molecule has 1 aliphatic rings. The highest BCUT2D eigenvalue weighted by atomic mass is 35.5. The van der Waals surface area contributed by atoms with Gasteiger partial charge in [-0.15, -0.1) is 23.1 Å². The van der Waals surface area contributed by atoms with Crippen molar-refractivity contribution < 1.29 is 4.79 Å². The molecule has 1 aliphatic heterocycles. The molecule has 2 aromatic carbocycles. The quantitative estimate of drug-likeness (QED) is 0.463. The van der Waals surface area contributed by atoms with Crippen LogP contribution >= 0.6 is 34.7 Å². The molecule has 5 heteroatoms. The number of fused-ring (bicyclic) bond motifs is 3. The van der Waals surface area contributed by atoms with E-state index < -0.39 is 0 Å². The largest absolute Gasteiger partial charge is 0.308 e. The number of halogens is 1. The maximum absolute atomic E-state index is 13.2. The Morgan fingerprint density at radius 3 is 2.59 bits per heavy atom. The number of amides is 1. The molecule has 138 valence electrons. The topological polar surface area (TPSA) is 20.3 Å². The molecular weight excluding hydrogens is 394 g/mol. The van der Waals surface area contributed by atoms with Crippen LogP contribution in [0.3, 0.4) is 0 Å². The highest BCUT2D eigenvalue weighted by Crippen LogP contribution is 2.46. The van der Waals surface area contributed by atoms with Crippen molar-refractivity contribution in [1.82, 2.24) is 0 Å². The third-order valence-corrected chi connectivity index (χ3v) is 7.35. The molecule has 0 N–H and O–H groups in total. The summed E-state index contributed by atoms with van der Waals surface area (Å²) in [5, 5.41) is 0.755. The average Bonchev–Trinajstić information content (AvgIpc) is 3.13. The third kappa shape index (κ3) is 3.54. The number of thioether (sulfide) groups is 1. The van der Waals surface area contributed by atoms with E-state index in [-0.39, 0.29) is 5.91 Å². The summed E-state index contributed by atoms with van der Waals surface area (Å²) >= 11 is 9.51. The lowest BCUT2D eigenvalue weighted by molar-refractivity contribution is 0.0992. The number of hydrogen-bond donors (Lipinski definition) is 0. The van der Waals surface area contributed by atoms with E-state index in [4.69, 9.17) is 11.6 Å². The lowest BCUT2D eigenvalue weighted by Gasteiger charge is -2.20. The first-order chi connectivity index (χ1) is 13.1. The molecule has 0 saturated carbocycles. The summed E-state index contributed by atoms with van der Waals surface area (Å²) in [6.07, 6.45) is 0.999. The molecule has 4 rings (SSSR count). The highest BCUT2D eigenvalue weighted by Gasteiger charge is 2.25. The molecule has 0 spiro atoms. The minimum Gasteiger partial charge on any atom is -0.308 e. The molecule has 0 bridgehead atoms. The molecule has 3 aromatic rings. The number of nitrogens with zero attached hydrogens (tertiary/aromatic N) is 1. The van der Waals surface area contributed by atoms with Crippen molar-refractivity contribution in [3.05, 3.63) is 69.6 Å². The summed E-state index contributed by atoms with van der Waals surface area (Å²) in [5.74, 6) is 0.950. The number of aryl methyl sites for hydroxylation is 1. The lowest BCUT2D eigenvalue weighted by atomic mass is 10.1. The fraction of sp³-hybridized carbons (Fsp3) is 0.227. The molecule has 0 saturated heterocycles. The Hall–Kier alpha value is -1.75. The van der Waals surface area contributed by atoms with Crippen molar-refractivity contribution in [3.63, 3.8) is 0 Å².